The monoisotopic (exact) mass is 1940 g/mol. The molecule has 1 aliphatic rings. The summed E-state index contributed by atoms with van der Waals surface area (Å²) in [5.41, 5.74) is 31.2. The van der Waals surface area contributed by atoms with Crippen molar-refractivity contribution in [1.29, 1.82) is 16.2 Å². The number of aliphatic carboxylic acids is 1. The fraction of sp³-hybridized carbons (Fsp3) is 0.626. The van der Waals surface area contributed by atoms with Gasteiger partial charge in [-0.3, -0.25) is 97.7 Å². The lowest BCUT2D eigenvalue weighted by Crippen LogP contribution is -2.65. The molecule has 0 aromatic heterocycles. The van der Waals surface area contributed by atoms with Crippen LogP contribution in [0.3, 0.4) is 0 Å². The zero-order valence-electron chi connectivity index (χ0n) is 80.5. The van der Waals surface area contributed by atoms with Crippen LogP contribution in [0.2, 0.25) is 0 Å². The van der Waals surface area contributed by atoms with E-state index in [9.17, 15) is 77.6 Å². The minimum absolute atomic E-state index is 0.00220. The zero-order chi connectivity index (χ0) is 103. The standard InChI is InChI=1S/C91H151N27O20/c1-9-10-29-61(73(94)125)108-80(132)67(39-40-71(123)124)113-77(129)64(32-24-46-102-87(95)96)112-83(135)69(51-58-35-37-59(121)38-36-58)114-78(130)63(31-19-23-45-93)109-74(126)54(4)106-85(137)90(7)42-20-13-11-12-14-21-43-91(8,86(138)115-66(34-26-48-104-89(99)100)79(131)111-65(33-25-47-103-88(97)98)81(133)116-72(55(5)119)84(136)118-90)117-75(127)60(53(2)3)52-105-76(128)62(30-18-22-44-92)110-82(134)68(50-57-27-16-15-17-28-57)107-70(122)41-49-101-56(6)120/h11-12,15-17,27-28,35-38,53-55,60-69,72,119,121H,9-10,13-14,18-26,29-34,39-52,92-93H2,1-8H3,(H2,94,125)(H,101,120)(H,105,128)(H,106,137)(H,107,122)(H,108,132)(H,109,126)(H,110,134)(H,111,131)(H,112,135)(H,113,129)(H,114,130)(H,115,138)(H,116,133)(H,117,127)(H,118,136)(H,123,124)(H4,95,96,102)(H4,97,98,103)(H4,99,100,104)/b12-11-/t54-,55+,60+,61-,62-,63-,64-,65-,66-,67-,68-,69-,72-,90-,91-/m0/s1. The molecule has 0 fully saturated rings. The molecule has 0 spiro atoms. The number of unbranched alkanes of at least 4 members (excludes halogenated alkanes) is 3. The number of carbonyl (C=O) groups excluding carboxylic acids is 16. The van der Waals surface area contributed by atoms with Gasteiger partial charge in [0.25, 0.3) is 0 Å². The minimum atomic E-state index is -2.04. The Balaban J connectivity index is 2.16. The Morgan fingerprint density at radius 3 is 1.44 bits per heavy atom. The number of nitrogens with two attached hydrogens (primary N) is 6. The van der Waals surface area contributed by atoms with Crippen LogP contribution in [-0.2, 0) is 94.3 Å². The number of benzene rings is 2. The van der Waals surface area contributed by atoms with Crippen molar-refractivity contribution in [3.8, 4) is 5.75 Å². The van der Waals surface area contributed by atoms with Crippen molar-refractivity contribution in [2.45, 2.75) is 306 Å². The van der Waals surface area contributed by atoms with Crippen LogP contribution in [0.5, 0.6) is 5.75 Å². The van der Waals surface area contributed by atoms with Gasteiger partial charge in [0, 0.05) is 65.3 Å². The summed E-state index contributed by atoms with van der Waals surface area (Å²) in [7, 11) is 0. The second-order valence-electron chi connectivity index (χ2n) is 35.3. The maximum atomic E-state index is 15.3. The Morgan fingerprint density at radius 2 is 0.942 bits per heavy atom. The Hall–Kier alpha value is -13.3. The summed E-state index contributed by atoms with van der Waals surface area (Å²) >= 11 is 0. The van der Waals surface area contributed by atoms with E-state index in [1.54, 1.807) is 56.3 Å². The first-order chi connectivity index (χ1) is 65.3. The molecule has 0 saturated carbocycles. The van der Waals surface area contributed by atoms with Crippen LogP contribution in [0.15, 0.2) is 66.7 Å². The van der Waals surface area contributed by atoms with Gasteiger partial charge in [0.2, 0.25) is 94.5 Å². The number of carboxylic acids is 1. The van der Waals surface area contributed by atoms with Crippen LogP contribution in [-0.4, -0.2) is 263 Å². The van der Waals surface area contributed by atoms with Gasteiger partial charge in [0.05, 0.1) is 12.0 Å². The Morgan fingerprint density at radius 1 is 0.486 bits per heavy atom. The number of carboxylic acid groups (broad SMARTS) is 1. The fourth-order valence-electron chi connectivity index (χ4n) is 14.8. The van der Waals surface area contributed by atoms with Crippen LogP contribution < -0.4 is 130 Å². The number of aromatic hydroxyl groups is 1. The number of nitrogens with one attached hydrogen (secondary N) is 21. The SMILES string of the molecule is CCCC[C@H](NC(=O)[C@H](CCC(=O)O)NC(=O)[C@H](CCCNC(=N)N)NC(=O)[C@H](Cc1ccc(O)cc1)NC(=O)[C@H](CCCCN)NC(=O)[C@H](C)NC(=O)[C@]1(C)CCC/C=C\CCC[C@](C)(NC(=O)[C@H](CNC(=O)[C@H](CCCCN)NC(=O)[C@H](Cc2ccccc2)NC(=O)CCNC(C)=O)C(C)C)C(=O)N[C@@H](CCCNC(=N)N)C(=O)N[C@@H](CCCNC(=N)N)C(=O)N[C@@H]([C@@H](C)O)C(=O)N1)C(N)=O. The summed E-state index contributed by atoms with van der Waals surface area (Å²) in [6.45, 7) is 11.7. The van der Waals surface area contributed by atoms with E-state index in [4.69, 9.17) is 50.6 Å². The maximum absolute atomic E-state index is 15.3. The topological polar surface area (TPSA) is 795 Å². The van der Waals surface area contributed by atoms with Crippen LogP contribution in [0, 0.1) is 28.1 Å². The summed E-state index contributed by atoms with van der Waals surface area (Å²) < 4.78 is 0. The third-order valence-electron chi connectivity index (χ3n) is 23.0. The lowest BCUT2D eigenvalue weighted by molar-refractivity contribution is -0.139. The Bertz CT molecular complexity index is 4390. The normalized spacial score (nSPS) is 19.0. The van der Waals surface area contributed by atoms with E-state index in [1.165, 1.54) is 52.0 Å². The van der Waals surface area contributed by atoms with Crippen molar-refractivity contribution in [2.24, 2.45) is 46.2 Å². The molecular formula is C91H151N27O20. The molecule has 0 bridgehead atoms. The molecular weight excluding hydrogens is 1790 g/mol. The van der Waals surface area contributed by atoms with Crippen molar-refractivity contribution < 1.29 is 96.8 Å². The van der Waals surface area contributed by atoms with E-state index in [0.717, 1.165) is 6.92 Å². The average Bonchev–Trinajstić information content (AvgIpc) is 0.900. The van der Waals surface area contributed by atoms with Gasteiger partial charge in [0.1, 0.15) is 83.3 Å². The number of hydrogen-bond acceptors (Lipinski definition) is 24. The van der Waals surface area contributed by atoms with Gasteiger partial charge >= 0.3 is 5.97 Å². The summed E-state index contributed by atoms with van der Waals surface area (Å²) in [4.78, 5) is 241. The van der Waals surface area contributed by atoms with Gasteiger partial charge in [-0.1, -0.05) is 88.2 Å². The molecule has 0 unspecified atom stereocenters. The molecule has 3 rings (SSSR count). The number of guanidine groups is 3. The van der Waals surface area contributed by atoms with Gasteiger partial charge in [-0.15, -0.1) is 0 Å². The Labute approximate surface area is 805 Å². The van der Waals surface area contributed by atoms with Gasteiger partial charge in [0.15, 0.2) is 17.9 Å². The van der Waals surface area contributed by atoms with Gasteiger partial charge in [-0.2, -0.15) is 0 Å². The summed E-state index contributed by atoms with van der Waals surface area (Å²) in [6, 6.07) is -2.25. The molecule has 36 N–H and O–H groups in total. The van der Waals surface area contributed by atoms with Gasteiger partial charge in [-0.25, -0.2) is 0 Å². The van der Waals surface area contributed by atoms with Gasteiger partial charge in [-0.05, 0) is 198 Å². The number of allylic oxidation sites excluding steroid dienone is 2. The van der Waals surface area contributed by atoms with E-state index in [0.29, 0.717) is 43.2 Å². The molecule has 2 aromatic carbocycles. The number of aliphatic hydroxyl groups is 1. The highest BCUT2D eigenvalue weighted by Gasteiger charge is 2.44. The molecule has 15 atom stereocenters. The van der Waals surface area contributed by atoms with Gasteiger partial charge < -0.3 is 145 Å². The second kappa shape index (κ2) is 63.1. The third-order valence-corrected chi connectivity index (χ3v) is 23.0. The lowest BCUT2D eigenvalue weighted by Gasteiger charge is -2.34. The quantitative estimate of drug-likeness (QED) is 0.0130. The van der Waals surface area contributed by atoms with Crippen molar-refractivity contribution in [3.63, 3.8) is 0 Å². The van der Waals surface area contributed by atoms with E-state index >= 15 is 19.2 Å². The molecule has 0 radical (unpaired) electrons. The van der Waals surface area contributed by atoms with E-state index in [2.05, 4.69) is 95.7 Å². The third kappa shape index (κ3) is 46.0. The molecule has 0 aliphatic carbocycles. The van der Waals surface area contributed by atoms with Crippen LogP contribution >= 0.6 is 0 Å². The predicted octanol–water partition coefficient (Wildman–Crippen LogP) is -3.93. The van der Waals surface area contributed by atoms with Crippen LogP contribution in [0.4, 0.5) is 0 Å². The summed E-state index contributed by atoms with van der Waals surface area (Å²) in [5, 5.41) is 102. The smallest absolute Gasteiger partial charge is 0.303 e. The minimum Gasteiger partial charge on any atom is -0.508 e. The fourth-order valence-corrected chi connectivity index (χ4v) is 14.8. The lowest BCUT2D eigenvalue weighted by atomic mass is 9.89. The zero-order valence-corrected chi connectivity index (χ0v) is 80.5. The van der Waals surface area contributed by atoms with Crippen molar-refractivity contribution in [3.05, 3.63) is 77.9 Å². The highest BCUT2D eigenvalue weighted by atomic mass is 16.4. The highest BCUT2D eigenvalue weighted by Crippen LogP contribution is 2.23. The van der Waals surface area contributed by atoms with Crippen molar-refractivity contribution >= 4 is 118 Å². The number of phenols is 1. The first kappa shape index (κ1) is 119. The van der Waals surface area contributed by atoms with Crippen molar-refractivity contribution in [2.75, 3.05) is 45.8 Å². The average molecular weight is 1940 g/mol. The van der Waals surface area contributed by atoms with Crippen LogP contribution in [0.25, 0.3) is 0 Å². The van der Waals surface area contributed by atoms with Crippen LogP contribution in [0.1, 0.15) is 221 Å². The molecule has 2 aromatic rings. The molecule has 16 amide bonds. The number of phenolic OH excluding ortho intramolecular Hbond substituents is 1. The Kier molecular flexibility index (Phi) is 54.4. The molecule has 0 saturated heterocycles. The molecule has 47 nitrogen and oxygen atoms in total. The summed E-state index contributed by atoms with van der Waals surface area (Å²) in [5.74, 6) is -18.3. The van der Waals surface area contributed by atoms with E-state index in [-0.39, 0.29) is 179 Å². The molecule has 770 valence electrons. The predicted molar refractivity (Wildman–Crippen MR) is 514 cm³/mol. The number of amides is 16. The second-order valence-corrected chi connectivity index (χ2v) is 35.3. The molecule has 1 heterocycles. The number of aliphatic hydroxyl groups excluding tert-OH is 1. The number of carbonyl (C=O) groups is 17. The molecule has 138 heavy (non-hydrogen) atoms. The number of hydrogen-bond donors (Lipinski definition) is 30. The van der Waals surface area contributed by atoms with E-state index < -0.39 is 221 Å². The molecule has 1 aliphatic heterocycles. The highest BCUT2D eigenvalue weighted by molar-refractivity contribution is 6.01. The molecule has 47 heteroatoms. The summed E-state index contributed by atoms with van der Waals surface area (Å²) in [6.07, 6.45) is 2.42. The first-order valence-electron chi connectivity index (χ1n) is 47.1. The first-order valence-corrected chi connectivity index (χ1v) is 47.1. The largest absolute Gasteiger partial charge is 0.508 e. The van der Waals surface area contributed by atoms with E-state index in [1.807, 2.05) is 6.92 Å². The van der Waals surface area contributed by atoms with Crippen molar-refractivity contribution in [1.82, 2.24) is 95.7 Å². The number of rotatable bonds is 56. The maximum Gasteiger partial charge on any atom is 0.303 e. The number of primary amides is 1.